The lowest BCUT2D eigenvalue weighted by molar-refractivity contribution is -0.148. The molecule has 4 heteroatoms. The zero-order valence-electron chi connectivity index (χ0n) is 10.4. The van der Waals surface area contributed by atoms with Gasteiger partial charge in [0.1, 0.15) is 0 Å². The van der Waals surface area contributed by atoms with Crippen LogP contribution in [0.3, 0.4) is 0 Å². The van der Waals surface area contributed by atoms with Crippen molar-refractivity contribution in [3.05, 3.63) is 0 Å². The molecule has 0 bridgehead atoms. The molecule has 96 valence electrons. The van der Waals surface area contributed by atoms with Crippen molar-refractivity contribution < 1.29 is 9.59 Å². The second-order valence-electron chi connectivity index (χ2n) is 5.21. The molecule has 1 saturated carbocycles. The van der Waals surface area contributed by atoms with Crippen LogP contribution in [0.2, 0.25) is 0 Å². The summed E-state index contributed by atoms with van der Waals surface area (Å²) in [6, 6.07) is 0.0758. The predicted octanol–water partition coefficient (Wildman–Crippen LogP) is 1.43. The molecule has 2 fully saturated rings. The van der Waals surface area contributed by atoms with Crippen LogP contribution in [-0.4, -0.2) is 29.3 Å². The van der Waals surface area contributed by atoms with Crippen LogP contribution >= 0.6 is 0 Å². The number of hydrogen-bond acceptors (Lipinski definition) is 3. The van der Waals surface area contributed by atoms with Gasteiger partial charge >= 0.3 is 0 Å². The molecule has 1 aliphatic carbocycles. The summed E-state index contributed by atoms with van der Waals surface area (Å²) >= 11 is 0. The summed E-state index contributed by atoms with van der Waals surface area (Å²) in [4.78, 5) is 25.7. The molecular formula is C13H22N2O2. The Hall–Kier alpha value is -0.900. The summed E-state index contributed by atoms with van der Waals surface area (Å²) < 4.78 is 0. The van der Waals surface area contributed by atoms with Crippen LogP contribution in [0.25, 0.3) is 0 Å². The van der Waals surface area contributed by atoms with Crippen LogP contribution < -0.4 is 5.73 Å². The fourth-order valence-corrected chi connectivity index (χ4v) is 3.11. The Kier molecular flexibility index (Phi) is 4.15. The number of carbonyl (C=O) groups is 2. The van der Waals surface area contributed by atoms with Crippen LogP contribution in [0.1, 0.15) is 51.4 Å². The Bertz CT molecular complexity index is 286. The van der Waals surface area contributed by atoms with E-state index in [0.29, 0.717) is 25.3 Å². The third kappa shape index (κ3) is 2.68. The largest absolute Gasteiger partial charge is 0.330 e. The first-order valence-corrected chi connectivity index (χ1v) is 6.79. The minimum Gasteiger partial charge on any atom is -0.330 e. The lowest BCUT2D eigenvalue weighted by atomic mass is 9.83. The molecule has 1 heterocycles. The summed E-state index contributed by atoms with van der Waals surface area (Å²) in [7, 11) is 0. The van der Waals surface area contributed by atoms with Gasteiger partial charge < -0.3 is 5.73 Å². The second-order valence-corrected chi connectivity index (χ2v) is 5.21. The van der Waals surface area contributed by atoms with Gasteiger partial charge in [-0.05, 0) is 38.1 Å². The van der Waals surface area contributed by atoms with Crippen LogP contribution in [0.15, 0.2) is 0 Å². The fourth-order valence-electron chi connectivity index (χ4n) is 3.11. The van der Waals surface area contributed by atoms with E-state index in [9.17, 15) is 9.59 Å². The van der Waals surface area contributed by atoms with Crippen LogP contribution in [-0.2, 0) is 9.59 Å². The molecule has 0 aromatic heterocycles. The number of hydrogen-bond donors (Lipinski definition) is 1. The predicted molar refractivity (Wildman–Crippen MR) is 65.1 cm³/mol. The van der Waals surface area contributed by atoms with Crippen molar-refractivity contribution in [1.29, 1.82) is 0 Å². The van der Waals surface area contributed by atoms with E-state index in [-0.39, 0.29) is 17.9 Å². The van der Waals surface area contributed by atoms with Gasteiger partial charge in [0.25, 0.3) is 0 Å². The zero-order chi connectivity index (χ0) is 12.3. The first-order chi connectivity index (χ1) is 8.24. The summed E-state index contributed by atoms with van der Waals surface area (Å²) in [5.74, 6) is 0.366. The van der Waals surface area contributed by atoms with Gasteiger partial charge in [-0.25, -0.2) is 0 Å². The zero-order valence-corrected chi connectivity index (χ0v) is 10.4. The molecule has 4 nitrogen and oxygen atoms in total. The summed E-state index contributed by atoms with van der Waals surface area (Å²) in [5, 5.41) is 0. The second kappa shape index (κ2) is 5.63. The van der Waals surface area contributed by atoms with Crippen molar-refractivity contribution in [2.45, 2.75) is 57.4 Å². The van der Waals surface area contributed by atoms with Gasteiger partial charge in [0.15, 0.2) is 0 Å². The minimum atomic E-state index is 0.0258. The van der Waals surface area contributed by atoms with Gasteiger partial charge in [0.2, 0.25) is 11.8 Å². The van der Waals surface area contributed by atoms with Crippen molar-refractivity contribution in [1.82, 2.24) is 4.90 Å². The average Bonchev–Trinajstić information content (AvgIpc) is 2.51. The quantitative estimate of drug-likeness (QED) is 0.740. The van der Waals surface area contributed by atoms with E-state index in [0.717, 1.165) is 32.1 Å². The summed E-state index contributed by atoms with van der Waals surface area (Å²) in [6.07, 6.45) is 7.03. The standard InChI is InChI=1S/C13H22N2O2/c14-9-10-5-1-2-6-11(10)15-12(16)7-3-4-8-13(15)17/h10-11H,1-9,14H2. The maximum Gasteiger partial charge on any atom is 0.229 e. The molecule has 0 spiro atoms. The number of nitrogens with two attached hydrogens (primary N) is 1. The van der Waals surface area contributed by atoms with Crippen LogP contribution in [0.4, 0.5) is 0 Å². The lowest BCUT2D eigenvalue weighted by Gasteiger charge is -2.38. The van der Waals surface area contributed by atoms with E-state index >= 15 is 0 Å². The molecule has 2 rings (SSSR count). The molecule has 1 aliphatic heterocycles. The van der Waals surface area contributed by atoms with Crippen molar-refractivity contribution in [3.63, 3.8) is 0 Å². The van der Waals surface area contributed by atoms with Gasteiger partial charge in [-0.3, -0.25) is 14.5 Å². The van der Waals surface area contributed by atoms with E-state index < -0.39 is 0 Å². The number of amides is 2. The van der Waals surface area contributed by atoms with Crippen molar-refractivity contribution in [2.24, 2.45) is 11.7 Å². The maximum atomic E-state index is 12.0. The molecule has 2 atom stereocenters. The summed E-state index contributed by atoms with van der Waals surface area (Å²) in [6.45, 7) is 0.585. The Labute approximate surface area is 103 Å². The highest BCUT2D eigenvalue weighted by Gasteiger charge is 2.36. The Morgan fingerprint density at radius 2 is 1.59 bits per heavy atom. The van der Waals surface area contributed by atoms with Crippen molar-refractivity contribution in [2.75, 3.05) is 6.54 Å². The minimum absolute atomic E-state index is 0.0258. The fraction of sp³-hybridized carbons (Fsp3) is 0.846. The number of carbonyl (C=O) groups excluding carboxylic acids is 2. The lowest BCUT2D eigenvalue weighted by Crippen LogP contribution is -2.50. The van der Waals surface area contributed by atoms with Gasteiger partial charge in [-0.15, -0.1) is 0 Å². The first kappa shape index (κ1) is 12.6. The third-order valence-electron chi connectivity index (χ3n) is 4.07. The smallest absolute Gasteiger partial charge is 0.229 e. The summed E-state index contributed by atoms with van der Waals surface area (Å²) in [5.41, 5.74) is 5.78. The normalized spacial score (nSPS) is 31.5. The Morgan fingerprint density at radius 3 is 2.18 bits per heavy atom. The first-order valence-electron chi connectivity index (χ1n) is 6.79. The van der Waals surface area contributed by atoms with E-state index in [1.54, 1.807) is 4.90 Å². The van der Waals surface area contributed by atoms with Gasteiger partial charge in [-0.1, -0.05) is 12.8 Å². The molecule has 2 aliphatic rings. The molecule has 17 heavy (non-hydrogen) atoms. The highest BCUT2D eigenvalue weighted by atomic mass is 16.2. The maximum absolute atomic E-state index is 12.0. The Balaban J connectivity index is 2.15. The molecule has 0 aromatic rings. The van der Waals surface area contributed by atoms with Crippen molar-refractivity contribution in [3.8, 4) is 0 Å². The van der Waals surface area contributed by atoms with E-state index in [1.165, 1.54) is 6.42 Å². The Morgan fingerprint density at radius 1 is 1.00 bits per heavy atom. The number of rotatable bonds is 2. The molecule has 2 amide bonds. The molecule has 2 unspecified atom stereocenters. The highest BCUT2D eigenvalue weighted by Crippen LogP contribution is 2.30. The molecule has 1 saturated heterocycles. The molecule has 0 aromatic carbocycles. The van der Waals surface area contributed by atoms with Gasteiger partial charge in [-0.2, -0.15) is 0 Å². The SMILES string of the molecule is NCC1CCCCC1N1C(=O)CCCCC1=O. The molecular weight excluding hydrogens is 216 g/mol. The van der Waals surface area contributed by atoms with Crippen LogP contribution in [0.5, 0.6) is 0 Å². The van der Waals surface area contributed by atoms with Crippen molar-refractivity contribution >= 4 is 11.8 Å². The number of likely N-dealkylation sites (tertiary alicyclic amines) is 1. The van der Waals surface area contributed by atoms with Crippen LogP contribution in [0, 0.1) is 5.92 Å². The monoisotopic (exact) mass is 238 g/mol. The van der Waals surface area contributed by atoms with E-state index in [4.69, 9.17) is 5.73 Å². The average molecular weight is 238 g/mol. The number of nitrogens with zero attached hydrogens (tertiary/aromatic N) is 1. The van der Waals surface area contributed by atoms with E-state index in [1.807, 2.05) is 0 Å². The van der Waals surface area contributed by atoms with Gasteiger partial charge in [0, 0.05) is 18.9 Å². The topological polar surface area (TPSA) is 63.4 Å². The molecule has 0 radical (unpaired) electrons. The molecule has 2 N–H and O–H groups in total. The highest BCUT2D eigenvalue weighted by molar-refractivity contribution is 5.96. The number of imide groups is 1. The van der Waals surface area contributed by atoms with E-state index in [2.05, 4.69) is 0 Å². The van der Waals surface area contributed by atoms with Gasteiger partial charge in [0.05, 0.1) is 0 Å². The third-order valence-corrected chi connectivity index (χ3v) is 4.07.